The van der Waals surface area contributed by atoms with Crippen molar-refractivity contribution in [1.29, 1.82) is 0 Å². The van der Waals surface area contributed by atoms with E-state index in [1.165, 1.54) is 63.3 Å². The lowest BCUT2D eigenvalue weighted by Crippen LogP contribution is -1.89. The van der Waals surface area contributed by atoms with Crippen molar-refractivity contribution in [2.75, 3.05) is 0 Å². The van der Waals surface area contributed by atoms with Crippen molar-refractivity contribution in [3.63, 3.8) is 0 Å². The molecule has 2 heterocycles. The minimum atomic E-state index is 0.559. The van der Waals surface area contributed by atoms with Gasteiger partial charge in [-0.15, -0.1) is 0 Å². The van der Waals surface area contributed by atoms with Crippen molar-refractivity contribution in [3.8, 4) is 0 Å². The summed E-state index contributed by atoms with van der Waals surface area (Å²) in [6, 6.07) is 0. The molecule has 0 bridgehead atoms. The Hall–Kier alpha value is -0.0400. The van der Waals surface area contributed by atoms with Gasteiger partial charge in [-0.1, -0.05) is 47.0 Å². The Morgan fingerprint density at radius 1 is 0.722 bits per heavy atom. The minimum Gasteiger partial charge on any atom is -0.297 e. The van der Waals surface area contributed by atoms with Crippen LogP contribution in [0.5, 0.6) is 0 Å². The van der Waals surface area contributed by atoms with E-state index >= 15 is 0 Å². The molecule has 0 unspecified atom stereocenters. The summed E-state index contributed by atoms with van der Waals surface area (Å²) in [6.07, 6.45) is 6.51. The zero-order valence-electron chi connectivity index (χ0n) is 9.43. The van der Waals surface area contributed by atoms with Gasteiger partial charge in [0.25, 0.3) is 0 Å². The first kappa shape index (κ1) is 13.0. The molecule has 0 aromatic rings. The van der Waals surface area contributed by atoms with Gasteiger partial charge < -0.3 is 0 Å². The van der Waals surface area contributed by atoms with Gasteiger partial charge in [-0.05, 0) is 25.7 Å². The molecule has 0 amide bonds. The van der Waals surface area contributed by atoms with E-state index in [4.69, 9.17) is 0 Å². The van der Waals surface area contributed by atoms with Crippen molar-refractivity contribution in [2.24, 2.45) is 0 Å². The topological polar surface area (TPSA) is 34.1 Å². The van der Waals surface area contributed by atoms with Gasteiger partial charge in [0, 0.05) is 9.81 Å². The van der Waals surface area contributed by atoms with Crippen LogP contribution in [-0.4, -0.2) is 12.6 Å². The van der Waals surface area contributed by atoms with Gasteiger partial charge in [-0.2, -0.15) is 0 Å². The van der Waals surface area contributed by atoms with Gasteiger partial charge in [0.05, 0.1) is 18.3 Å². The molecule has 94 valence electrons. The standard InChI is InChI=1S/C12H10O2S4/c13-5-9-10(6-14)18-12(17-9)11-15-7-3-1-2-4-8(7)16-11/h5-6H,1-4H2. The van der Waals surface area contributed by atoms with Gasteiger partial charge in [-0.3, -0.25) is 9.59 Å². The number of thioether (sulfide) groups is 4. The van der Waals surface area contributed by atoms with E-state index in [1.54, 1.807) is 0 Å². The number of carbonyl (C=O) groups is 2. The Kier molecular flexibility index (Phi) is 3.98. The average Bonchev–Trinajstić information content (AvgIpc) is 3.01. The maximum absolute atomic E-state index is 10.9. The van der Waals surface area contributed by atoms with Gasteiger partial charge in [0.1, 0.15) is 0 Å². The summed E-state index contributed by atoms with van der Waals surface area (Å²) >= 11 is 6.56. The predicted molar refractivity (Wildman–Crippen MR) is 82.0 cm³/mol. The van der Waals surface area contributed by atoms with Crippen LogP contribution in [-0.2, 0) is 9.59 Å². The van der Waals surface area contributed by atoms with Crippen LogP contribution in [0.2, 0.25) is 0 Å². The fraction of sp³-hybridized carbons (Fsp3) is 0.333. The summed E-state index contributed by atoms with van der Waals surface area (Å²) in [6.45, 7) is 0. The van der Waals surface area contributed by atoms with Gasteiger partial charge in [0.2, 0.25) is 0 Å². The molecule has 0 aromatic carbocycles. The zero-order valence-corrected chi connectivity index (χ0v) is 12.7. The van der Waals surface area contributed by atoms with Gasteiger partial charge in [-0.25, -0.2) is 0 Å². The summed E-state index contributed by atoms with van der Waals surface area (Å²) < 4.78 is 2.36. The molecule has 0 aromatic heterocycles. The smallest absolute Gasteiger partial charge is 0.158 e. The quantitative estimate of drug-likeness (QED) is 0.700. The van der Waals surface area contributed by atoms with Crippen LogP contribution in [0.1, 0.15) is 25.7 Å². The fourth-order valence-electron chi connectivity index (χ4n) is 1.96. The lowest BCUT2D eigenvalue weighted by atomic mass is 10.1. The van der Waals surface area contributed by atoms with E-state index in [9.17, 15) is 9.59 Å². The average molecular weight is 314 g/mol. The highest BCUT2D eigenvalue weighted by Crippen LogP contribution is 2.61. The molecule has 18 heavy (non-hydrogen) atoms. The normalized spacial score (nSPS) is 23.8. The van der Waals surface area contributed by atoms with E-state index in [0.29, 0.717) is 9.81 Å². The van der Waals surface area contributed by atoms with Crippen LogP contribution in [0, 0.1) is 0 Å². The summed E-state index contributed by atoms with van der Waals surface area (Å²) in [5.41, 5.74) is 0. The first-order chi connectivity index (χ1) is 8.81. The predicted octanol–water partition coefficient (Wildman–Crippen LogP) is 4.47. The summed E-state index contributed by atoms with van der Waals surface area (Å²) in [5, 5.41) is 0. The van der Waals surface area contributed by atoms with Crippen LogP contribution < -0.4 is 0 Å². The van der Waals surface area contributed by atoms with Gasteiger partial charge in [0.15, 0.2) is 12.6 Å². The Labute approximate surface area is 122 Å². The number of hydrogen-bond acceptors (Lipinski definition) is 6. The van der Waals surface area contributed by atoms with Crippen molar-refractivity contribution >= 4 is 59.6 Å². The van der Waals surface area contributed by atoms with Crippen LogP contribution in [0.25, 0.3) is 0 Å². The maximum Gasteiger partial charge on any atom is 0.158 e. The second-order valence-electron chi connectivity index (χ2n) is 4.00. The molecule has 0 saturated heterocycles. The summed E-state index contributed by atoms with van der Waals surface area (Å²) in [5.74, 6) is 0. The van der Waals surface area contributed by atoms with E-state index in [2.05, 4.69) is 0 Å². The molecule has 3 rings (SSSR count). The van der Waals surface area contributed by atoms with E-state index < -0.39 is 0 Å². The van der Waals surface area contributed by atoms with Crippen LogP contribution in [0.4, 0.5) is 0 Å². The Bertz CT molecular complexity index is 474. The Balaban J connectivity index is 1.80. The van der Waals surface area contributed by atoms with Gasteiger partial charge >= 0.3 is 0 Å². The maximum atomic E-state index is 10.9. The van der Waals surface area contributed by atoms with E-state index in [-0.39, 0.29) is 0 Å². The number of allylic oxidation sites excluding steroid dienone is 4. The third-order valence-electron chi connectivity index (χ3n) is 2.83. The first-order valence-electron chi connectivity index (χ1n) is 5.64. The molecule has 0 spiro atoms. The third-order valence-corrected chi connectivity index (χ3v) is 8.63. The number of hydrogen-bond donors (Lipinski definition) is 0. The zero-order chi connectivity index (χ0) is 12.5. The van der Waals surface area contributed by atoms with E-state index in [0.717, 1.165) is 16.8 Å². The fourth-order valence-corrected chi connectivity index (χ4v) is 7.44. The molecule has 0 radical (unpaired) electrons. The molecule has 2 nitrogen and oxygen atoms in total. The third kappa shape index (κ3) is 2.35. The van der Waals surface area contributed by atoms with E-state index in [1.807, 2.05) is 23.5 Å². The molecule has 6 heteroatoms. The monoisotopic (exact) mass is 314 g/mol. The second-order valence-corrected chi connectivity index (χ2v) is 8.83. The van der Waals surface area contributed by atoms with Crippen LogP contribution >= 0.6 is 47.0 Å². The van der Waals surface area contributed by atoms with Crippen molar-refractivity contribution in [2.45, 2.75) is 25.7 Å². The highest BCUT2D eigenvalue weighted by atomic mass is 32.2. The number of carbonyl (C=O) groups excluding carboxylic acids is 2. The highest BCUT2D eigenvalue weighted by molar-refractivity contribution is 8.34. The van der Waals surface area contributed by atoms with Crippen LogP contribution in [0.15, 0.2) is 28.1 Å². The SMILES string of the molecule is O=CC1=C(C=O)SC(=C2SC3=C(CCCC3)S2)S1. The Morgan fingerprint density at radius 3 is 1.61 bits per heavy atom. The molecule has 0 fully saturated rings. The van der Waals surface area contributed by atoms with Crippen LogP contribution in [0.3, 0.4) is 0 Å². The van der Waals surface area contributed by atoms with Crippen molar-refractivity contribution < 1.29 is 9.59 Å². The number of aldehydes is 2. The molecule has 0 N–H and O–H groups in total. The lowest BCUT2D eigenvalue weighted by Gasteiger charge is -2.09. The van der Waals surface area contributed by atoms with Crippen molar-refractivity contribution in [1.82, 2.24) is 0 Å². The highest BCUT2D eigenvalue weighted by Gasteiger charge is 2.30. The second kappa shape index (κ2) is 5.53. The largest absolute Gasteiger partial charge is 0.297 e. The molecule has 1 aliphatic carbocycles. The lowest BCUT2D eigenvalue weighted by molar-refractivity contribution is -0.106. The molecule has 0 atom stereocenters. The molecule has 3 aliphatic rings. The molecule has 0 saturated carbocycles. The molecule has 2 aliphatic heterocycles. The summed E-state index contributed by atoms with van der Waals surface area (Å²) in [4.78, 5) is 25.9. The molecular weight excluding hydrogens is 304 g/mol. The molecular formula is C12H10O2S4. The first-order valence-corrected chi connectivity index (χ1v) is 8.90. The summed E-state index contributed by atoms with van der Waals surface area (Å²) in [7, 11) is 0. The minimum absolute atomic E-state index is 0.559. The number of rotatable bonds is 2. The Morgan fingerprint density at radius 2 is 1.17 bits per heavy atom. The van der Waals surface area contributed by atoms with Crippen molar-refractivity contribution in [3.05, 3.63) is 28.1 Å².